The van der Waals surface area contributed by atoms with E-state index in [0.717, 1.165) is 11.8 Å². The maximum atomic E-state index is 2.53. The lowest BCUT2D eigenvalue weighted by Crippen LogP contribution is -2.21. The van der Waals surface area contributed by atoms with E-state index in [4.69, 9.17) is 0 Å². The highest BCUT2D eigenvalue weighted by molar-refractivity contribution is 4.89. The highest BCUT2D eigenvalue weighted by atomic mass is 14.4. The topological polar surface area (TPSA) is 0 Å². The van der Waals surface area contributed by atoms with E-state index in [2.05, 4.69) is 27.7 Å². The first-order chi connectivity index (χ1) is 7.10. The van der Waals surface area contributed by atoms with Crippen molar-refractivity contribution < 1.29 is 0 Å². The third-order valence-corrected chi connectivity index (χ3v) is 4.98. The molecule has 0 N–H and O–H groups in total. The van der Waals surface area contributed by atoms with Gasteiger partial charge in [0.25, 0.3) is 0 Å². The van der Waals surface area contributed by atoms with Gasteiger partial charge in [-0.05, 0) is 36.5 Å². The van der Waals surface area contributed by atoms with Crippen molar-refractivity contribution in [1.82, 2.24) is 0 Å². The molecule has 0 saturated heterocycles. The highest BCUT2D eigenvalue weighted by Gasteiger charge is 2.39. The van der Waals surface area contributed by atoms with E-state index < -0.39 is 0 Å². The smallest absolute Gasteiger partial charge is 0.0298 e. The summed E-state index contributed by atoms with van der Waals surface area (Å²) in [6.45, 7) is 9.74. The van der Waals surface area contributed by atoms with Gasteiger partial charge in [-0.15, -0.1) is 0 Å². The lowest BCUT2D eigenvalue weighted by Gasteiger charge is -2.31. The third kappa shape index (κ3) is 3.50. The van der Waals surface area contributed by atoms with Crippen molar-refractivity contribution in [1.29, 1.82) is 0 Å². The minimum Gasteiger partial charge on any atom is -0.0654 e. The van der Waals surface area contributed by atoms with Crippen molar-refractivity contribution in [2.45, 2.75) is 79.1 Å². The molecule has 0 heterocycles. The first-order valence-corrected chi connectivity index (χ1v) is 7.10. The molecule has 0 amide bonds. The van der Waals surface area contributed by atoms with Gasteiger partial charge in [0.05, 0.1) is 0 Å². The molecule has 0 aromatic rings. The van der Waals surface area contributed by atoms with Crippen LogP contribution in [-0.4, -0.2) is 0 Å². The van der Waals surface area contributed by atoms with E-state index in [1.54, 1.807) is 0 Å². The van der Waals surface area contributed by atoms with Gasteiger partial charge in [-0.25, -0.2) is 0 Å². The lowest BCUT2D eigenvalue weighted by atomic mass is 9.75. The van der Waals surface area contributed by atoms with Gasteiger partial charge < -0.3 is 0 Å². The Hall–Kier alpha value is 0. The predicted molar refractivity (Wildman–Crippen MR) is 69.0 cm³/mol. The number of hydrogen-bond donors (Lipinski definition) is 0. The normalized spacial score (nSPS) is 36.0. The molecule has 1 saturated carbocycles. The van der Waals surface area contributed by atoms with Crippen LogP contribution in [0, 0.1) is 17.3 Å². The number of rotatable bonds is 6. The van der Waals surface area contributed by atoms with Gasteiger partial charge in [-0.3, -0.25) is 0 Å². The van der Waals surface area contributed by atoms with E-state index in [9.17, 15) is 0 Å². The molecule has 0 nitrogen and oxygen atoms in total. The van der Waals surface area contributed by atoms with Crippen molar-refractivity contribution in [2.75, 3.05) is 0 Å². The van der Waals surface area contributed by atoms with Gasteiger partial charge in [0.2, 0.25) is 0 Å². The summed E-state index contributed by atoms with van der Waals surface area (Å²) in [4.78, 5) is 0. The standard InChI is InChI=1S/C15H30/c1-5-6-7-8-9-11-15(4)12-10-13(2)14(15)3/h13-14H,5-12H2,1-4H3. The molecule has 3 unspecified atom stereocenters. The summed E-state index contributed by atoms with van der Waals surface area (Å²) in [6.07, 6.45) is 11.6. The minimum atomic E-state index is 0.672. The second-order valence-corrected chi connectivity index (χ2v) is 6.12. The van der Waals surface area contributed by atoms with Crippen molar-refractivity contribution in [3.63, 3.8) is 0 Å². The molecule has 0 bridgehead atoms. The lowest BCUT2D eigenvalue weighted by molar-refractivity contribution is 0.194. The Balaban J connectivity index is 2.19. The molecule has 3 atom stereocenters. The number of hydrogen-bond acceptors (Lipinski definition) is 0. The number of unbranched alkanes of at least 4 members (excludes halogenated alkanes) is 4. The Labute approximate surface area is 96.8 Å². The maximum absolute atomic E-state index is 2.53. The summed E-state index contributed by atoms with van der Waals surface area (Å²) in [5, 5.41) is 0. The Morgan fingerprint density at radius 3 is 2.27 bits per heavy atom. The molecule has 90 valence electrons. The highest BCUT2D eigenvalue weighted by Crippen LogP contribution is 2.49. The maximum Gasteiger partial charge on any atom is -0.0298 e. The Bertz CT molecular complexity index is 173. The quantitative estimate of drug-likeness (QED) is 0.514. The molecule has 15 heavy (non-hydrogen) atoms. The third-order valence-electron chi connectivity index (χ3n) is 4.98. The Morgan fingerprint density at radius 1 is 1.07 bits per heavy atom. The molecule has 0 aliphatic heterocycles. The monoisotopic (exact) mass is 210 g/mol. The molecule has 0 heteroatoms. The van der Waals surface area contributed by atoms with Crippen LogP contribution in [0.5, 0.6) is 0 Å². The summed E-state index contributed by atoms with van der Waals surface area (Å²) in [5.74, 6) is 1.91. The van der Waals surface area contributed by atoms with Gasteiger partial charge in [0.15, 0.2) is 0 Å². The van der Waals surface area contributed by atoms with Crippen molar-refractivity contribution in [3.05, 3.63) is 0 Å². The zero-order valence-corrected chi connectivity index (χ0v) is 11.3. The summed E-state index contributed by atoms with van der Waals surface area (Å²) >= 11 is 0. The van der Waals surface area contributed by atoms with Crippen LogP contribution in [0.2, 0.25) is 0 Å². The zero-order valence-electron chi connectivity index (χ0n) is 11.3. The molecule has 0 spiro atoms. The van der Waals surface area contributed by atoms with E-state index in [0.29, 0.717) is 5.41 Å². The Morgan fingerprint density at radius 2 is 1.73 bits per heavy atom. The molecule has 1 fully saturated rings. The molecule has 1 aliphatic carbocycles. The second-order valence-electron chi connectivity index (χ2n) is 6.12. The molecule has 0 aromatic heterocycles. The van der Waals surface area contributed by atoms with E-state index in [1.165, 1.54) is 51.4 Å². The van der Waals surface area contributed by atoms with Gasteiger partial charge in [-0.1, -0.05) is 59.8 Å². The first-order valence-electron chi connectivity index (χ1n) is 7.10. The molecular formula is C15H30. The SMILES string of the molecule is CCCCCCCC1(C)CCC(C)C1C. The van der Waals surface area contributed by atoms with Crippen LogP contribution in [0.1, 0.15) is 79.1 Å². The van der Waals surface area contributed by atoms with Crippen LogP contribution in [0.25, 0.3) is 0 Å². The average molecular weight is 210 g/mol. The Kier molecular flexibility index (Phi) is 5.15. The zero-order chi connectivity index (χ0) is 11.3. The first kappa shape index (κ1) is 13.1. The van der Waals surface area contributed by atoms with Crippen LogP contribution < -0.4 is 0 Å². The van der Waals surface area contributed by atoms with Crippen molar-refractivity contribution in [3.8, 4) is 0 Å². The van der Waals surface area contributed by atoms with Crippen molar-refractivity contribution >= 4 is 0 Å². The fraction of sp³-hybridized carbons (Fsp3) is 1.00. The molecule has 0 aromatic carbocycles. The second kappa shape index (κ2) is 5.92. The fourth-order valence-electron chi connectivity index (χ4n) is 3.21. The fourth-order valence-corrected chi connectivity index (χ4v) is 3.21. The van der Waals surface area contributed by atoms with Crippen LogP contribution in [-0.2, 0) is 0 Å². The van der Waals surface area contributed by atoms with Gasteiger partial charge >= 0.3 is 0 Å². The van der Waals surface area contributed by atoms with Crippen molar-refractivity contribution in [2.24, 2.45) is 17.3 Å². The largest absolute Gasteiger partial charge is 0.0654 e. The summed E-state index contributed by atoms with van der Waals surface area (Å²) in [6, 6.07) is 0. The van der Waals surface area contributed by atoms with Crippen LogP contribution >= 0.6 is 0 Å². The van der Waals surface area contributed by atoms with E-state index >= 15 is 0 Å². The van der Waals surface area contributed by atoms with Crippen LogP contribution in [0.15, 0.2) is 0 Å². The summed E-state index contributed by atoms with van der Waals surface area (Å²) < 4.78 is 0. The average Bonchev–Trinajstić information content (AvgIpc) is 2.47. The molecule has 1 aliphatic rings. The summed E-state index contributed by atoms with van der Waals surface area (Å²) in [7, 11) is 0. The van der Waals surface area contributed by atoms with E-state index in [1.807, 2.05) is 0 Å². The van der Waals surface area contributed by atoms with Crippen LogP contribution in [0.4, 0.5) is 0 Å². The van der Waals surface area contributed by atoms with Gasteiger partial charge in [-0.2, -0.15) is 0 Å². The van der Waals surface area contributed by atoms with E-state index in [-0.39, 0.29) is 0 Å². The molecule has 0 radical (unpaired) electrons. The predicted octanol–water partition coefficient (Wildman–Crippen LogP) is 5.42. The van der Waals surface area contributed by atoms with Gasteiger partial charge in [0, 0.05) is 0 Å². The molecular weight excluding hydrogens is 180 g/mol. The molecule has 1 rings (SSSR count). The summed E-state index contributed by atoms with van der Waals surface area (Å²) in [5.41, 5.74) is 0.672. The minimum absolute atomic E-state index is 0.672. The van der Waals surface area contributed by atoms with Gasteiger partial charge in [0.1, 0.15) is 0 Å². The van der Waals surface area contributed by atoms with Crippen LogP contribution in [0.3, 0.4) is 0 Å².